The Balaban J connectivity index is 2.00. The SMILES string of the molecule is CCOC(=O)COc1ccc(C=Nn2c(C(C)(C)C)nc3ccc(Br)cc3c2=O)cc1OCC. The maximum Gasteiger partial charge on any atom is 0.344 e. The number of halogens is 1. The summed E-state index contributed by atoms with van der Waals surface area (Å²) in [6, 6.07) is 10.6. The lowest BCUT2D eigenvalue weighted by atomic mass is 9.95. The van der Waals surface area contributed by atoms with Crippen molar-refractivity contribution in [3.63, 3.8) is 0 Å². The van der Waals surface area contributed by atoms with E-state index in [4.69, 9.17) is 19.2 Å². The molecule has 34 heavy (non-hydrogen) atoms. The monoisotopic (exact) mass is 529 g/mol. The number of nitrogens with zero attached hydrogens (tertiary/aromatic N) is 3. The fraction of sp³-hybridized carbons (Fsp3) is 0.360. The molecule has 1 aromatic heterocycles. The molecule has 9 heteroatoms. The van der Waals surface area contributed by atoms with Gasteiger partial charge in [0.25, 0.3) is 5.56 Å². The molecule has 180 valence electrons. The van der Waals surface area contributed by atoms with E-state index in [0.717, 1.165) is 4.47 Å². The highest BCUT2D eigenvalue weighted by atomic mass is 79.9. The van der Waals surface area contributed by atoms with Gasteiger partial charge in [0, 0.05) is 9.89 Å². The highest BCUT2D eigenvalue weighted by Crippen LogP contribution is 2.28. The Morgan fingerprint density at radius 2 is 1.85 bits per heavy atom. The number of benzene rings is 2. The van der Waals surface area contributed by atoms with Crippen LogP contribution in [0.3, 0.4) is 0 Å². The van der Waals surface area contributed by atoms with Crippen molar-refractivity contribution in [2.24, 2.45) is 5.10 Å². The third-order valence-corrected chi connectivity index (χ3v) is 5.21. The summed E-state index contributed by atoms with van der Waals surface area (Å²) in [4.78, 5) is 29.6. The Morgan fingerprint density at radius 3 is 2.53 bits per heavy atom. The van der Waals surface area contributed by atoms with Crippen LogP contribution in [-0.4, -0.2) is 41.7 Å². The van der Waals surface area contributed by atoms with Crippen molar-refractivity contribution >= 4 is 39.0 Å². The van der Waals surface area contributed by atoms with Gasteiger partial charge in [-0.15, -0.1) is 0 Å². The molecule has 0 spiro atoms. The Hall–Kier alpha value is -3.20. The zero-order chi connectivity index (χ0) is 24.9. The van der Waals surface area contributed by atoms with E-state index in [1.807, 2.05) is 39.8 Å². The molecule has 0 bridgehead atoms. The molecule has 0 N–H and O–H groups in total. The minimum absolute atomic E-state index is 0.218. The Kier molecular flexibility index (Phi) is 8.09. The summed E-state index contributed by atoms with van der Waals surface area (Å²) in [7, 11) is 0. The molecule has 0 fully saturated rings. The number of rotatable bonds is 8. The summed E-state index contributed by atoms with van der Waals surface area (Å²) in [6.07, 6.45) is 1.57. The molecule has 0 aliphatic heterocycles. The number of hydrogen-bond acceptors (Lipinski definition) is 7. The Morgan fingerprint density at radius 1 is 1.09 bits per heavy atom. The molecule has 0 amide bonds. The number of carbonyl (C=O) groups excluding carboxylic acids is 1. The molecule has 8 nitrogen and oxygen atoms in total. The van der Waals surface area contributed by atoms with Crippen LogP contribution in [0.15, 0.2) is 50.8 Å². The van der Waals surface area contributed by atoms with Crippen LogP contribution in [0.25, 0.3) is 10.9 Å². The summed E-state index contributed by atoms with van der Waals surface area (Å²) < 4.78 is 18.2. The van der Waals surface area contributed by atoms with Crippen LogP contribution in [0.4, 0.5) is 0 Å². The van der Waals surface area contributed by atoms with Gasteiger partial charge in [-0.1, -0.05) is 36.7 Å². The fourth-order valence-corrected chi connectivity index (χ4v) is 3.56. The van der Waals surface area contributed by atoms with Gasteiger partial charge in [0.2, 0.25) is 0 Å². The van der Waals surface area contributed by atoms with Crippen LogP contribution in [0.2, 0.25) is 0 Å². The molecular formula is C25H28BrN3O5. The molecule has 0 aliphatic carbocycles. The third-order valence-electron chi connectivity index (χ3n) is 4.72. The van der Waals surface area contributed by atoms with Gasteiger partial charge in [-0.25, -0.2) is 9.78 Å². The second-order valence-electron chi connectivity index (χ2n) is 8.44. The van der Waals surface area contributed by atoms with Gasteiger partial charge >= 0.3 is 5.97 Å². The second kappa shape index (κ2) is 10.8. The summed E-state index contributed by atoms with van der Waals surface area (Å²) in [5, 5.41) is 4.95. The standard InChI is InChI=1S/C25H28BrN3O5/c1-6-32-21-12-16(8-11-20(21)34-15-22(30)33-7-2)14-27-29-23(31)18-13-17(26)9-10-19(18)28-24(29)25(3,4)5/h8-14H,6-7,15H2,1-5H3. The van der Waals surface area contributed by atoms with E-state index in [9.17, 15) is 9.59 Å². The molecule has 3 aromatic rings. The van der Waals surface area contributed by atoms with Gasteiger partial charge in [0.1, 0.15) is 5.82 Å². The minimum atomic E-state index is -0.458. The first-order chi connectivity index (χ1) is 16.1. The molecule has 1 heterocycles. The van der Waals surface area contributed by atoms with Crippen molar-refractivity contribution in [2.75, 3.05) is 19.8 Å². The lowest BCUT2D eigenvalue weighted by Crippen LogP contribution is -2.29. The van der Waals surface area contributed by atoms with Gasteiger partial charge in [0.05, 0.1) is 30.3 Å². The molecule has 0 radical (unpaired) electrons. The quantitative estimate of drug-likeness (QED) is 0.310. The van der Waals surface area contributed by atoms with Gasteiger partial charge in [-0.2, -0.15) is 9.78 Å². The van der Waals surface area contributed by atoms with E-state index in [1.54, 1.807) is 37.4 Å². The summed E-state index contributed by atoms with van der Waals surface area (Å²) in [5.74, 6) is 0.958. The highest BCUT2D eigenvalue weighted by Gasteiger charge is 2.23. The topological polar surface area (TPSA) is 92.0 Å². The van der Waals surface area contributed by atoms with E-state index in [1.165, 1.54) is 4.68 Å². The maximum absolute atomic E-state index is 13.3. The third kappa shape index (κ3) is 6.02. The van der Waals surface area contributed by atoms with E-state index < -0.39 is 11.4 Å². The first-order valence-corrected chi connectivity index (χ1v) is 11.8. The van der Waals surface area contributed by atoms with E-state index >= 15 is 0 Å². The van der Waals surface area contributed by atoms with E-state index in [0.29, 0.717) is 40.4 Å². The largest absolute Gasteiger partial charge is 0.490 e. The summed E-state index contributed by atoms with van der Waals surface area (Å²) in [5.41, 5.74) is 0.630. The first-order valence-electron chi connectivity index (χ1n) is 11.0. The lowest BCUT2D eigenvalue weighted by Gasteiger charge is -2.20. The van der Waals surface area contributed by atoms with Gasteiger partial charge in [-0.3, -0.25) is 4.79 Å². The fourth-order valence-electron chi connectivity index (χ4n) is 3.20. The number of esters is 1. The Bertz CT molecular complexity index is 1280. The van der Waals surface area contributed by atoms with Crippen LogP contribution in [-0.2, 0) is 14.9 Å². The molecular weight excluding hydrogens is 502 g/mol. The molecule has 0 atom stereocenters. The van der Waals surface area contributed by atoms with Crippen molar-refractivity contribution in [1.29, 1.82) is 0 Å². The van der Waals surface area contributed by atoms with Gasteiger partial charge in [0.15, 0.2) is 18.1 Å². The average molecular weight is 530 g/mol. The Labute approximate surface area is 206 Å². The molecule has 0 aliphatic rings. The van der Waals surface area contributed by atoms with Gasteiger partial charge < -0.3 is 14.2 Å². The van der Waals surface area contributed by atoms with Crippen LogP contribution in [0, 0.1) is 0 Å². The van der Waals surface area contributed by atoms with E-state index in [-0.39, 0.29) is 18.8 Å². The highest BCUT2D eigenvalue weighted by molar-refractivity contribution is 9.10. The predicted molar refractivity (Wildman–Crippen MR) is 135 cm³/mol. The minimum Gasteiger partial charge on any atom is -0.490 e. The summed E-state index contributed by atoms with van der Waals surface area (Å²) in [6.45, 7) is 10.0. The van der Waals surface area contributed by atoms with Crippen LogP contribution in [0.5, 0.6) is 11.5 Å². The van der Waals surface area contributed by atoms with Crippen molar-refractivity contribution in [2.45, 2.75) is 40.0 Å². The second-order valence-corrected chi connectivity index (χ2v) is 9.36. The molecule has 2 aromatic carbocycles. The predicted octanol–water partition coefficient (Wildman–Crippen LogP) is 4.68. The number of fused-ring (bicyclic) bond motifs is 1. The van der Waals surface area contributed by atoms with Crippen molar-refractivity contribution < 1.29 is 19.0 Å². The van der Waals surface area contributed by atoms with Crippen LogP contribution >= 0.6 is 15.9 Å². The summed E-state index contributed by atoms with van der Waals surface area (Å²) >= 11 is 3.42. The van der Waals surface area contributed by atoms with Crippen LogP contribution < -0.4 is 15.0 Å². The molecule has 0 saturated heterocycles. The zero-order valence-electron chi connectivity index (χ0n) is 19.9. The molecule has 0 unspecified atom stereocenters. The van der Waals surface area contributed by atoms with Crippen molar-refractivity contribution in [3.8, 4) is 11.5 Å². The van der Waals surface area contributed by atoms with Crippen LogP contribution in [0.1, 0.15) is 46.0 Å². The number of hydrogen-bond donors (Lipinski definition) is 0. The smallest absolute Gasteiger partial charge is 0.344 e. The van der Waals surface area contributed by atoms with Crippen molar-refractivity contribution in [1.82, 2.24) is 9.66 Å². The van der Waals surface area contributed by atoms with E-state index in [2.05, 4.69) is 21.0 Å². The van der Waals surface area contributed by atoms with Crippen molar-refractivity contribution in [3.05, 3.63) is 62.6 Å². The molecule has 3 rings (SSSR count). The lowest BCUT2D eigenvalue weighted by molar-refractivity contribution is -0.145. The zero-order valence-corrected chi connectivity index (χ0v) is 21.5. The normalized spacial score (nSPS) is 11.7. The maximum atomic E-state index is 13.3. The number of ether oxygens (including phenoxy) is 3. The molecule has 0 saturated carbocycles. The first kappa shape index (κ1) is 25.4. The number of carbonyl (C=O) groups is 1. The average Bonchev–Trinajstić information content (AvgIpc) is 2.78. The number of aromatic nitrogens is 2. The van der Waals surface area contributed by atoms with Gasteiger partial charge in [-0.05, 0) is 55.8 Å².